The molecule has 3 amide bonds. The summed E-state index contributed by atoms with van der Waals surface area (Å²) in [6.07, 6.45) is 5.07. The predicted molar refractivity (Wildman–Crippen MR) is 156 cm³/mol. The highest BCUT2D eigenvalue weighted by Gasteiger charge is 2.46. The summed E-state index contributed by atoms with van der Waals surface area (Å²) in [5, 5.41) is 3.23. The maximum absolute atomic E-state index is 14.1. The SMILES string of the molecule is O=C(c1ccc(N2CCCCC2=O)cc1)N1CCC(C(=O)N[C@H](c2cccc(F)c2)C2CC2)(c2ccc(F)cc2)CC1. The van der Waals surface area contributed by atoms with Crippen LogP contribution < -0.4 is 10.2 Å². The van der Waals surface area contributed by atoms with Gasteiger partial charge in [-0.2, -0.15) is 0 Å². The molecule has 3 aromatic rings. The molecule has 3 fully saturated rings. The molecule has 2 aliphatic heterocycles. The summed E-state index contributed by atoms with van der Waals surface area (Å²) < 4.78 is 27.9. The van der Waals surface area contributed by atoms with E-state index >= 15 is 0 Å². The van der Waals surface area contributed by atoms with Crippen molar-refractivity contribution in [3.05, 3.63) is 101 Å². The Morgan fingerprint density at radius 3 is 2.21 bits per heavy atom. The van der Waals surface area contributed by atoms with Crippen molar-refractivity contribution in [3.8, 4) is 0 Å². The summed E-state index contributed by atoms with van der Waals surface area (Å²) in [6.45, 7) is 1.39. The van der Waals surface area contributed by atoms with Crippen LogP contribution in [0.5, 0.6) is 0 Å². The molecule has 2 saturated heterocycles. The molecule has 6 nitrogen and oxygen atoms in total. The van der Waals surface area contributed by atoms with Gasteiger partial charge in [0.15, 0.2) is 0 Å². The first kappa shape index (κ1) is 28.1. The van der Waals surface area contributed by atoms with Crippen LogP contribution in [0.25, 0.3) is 0 Å². The van der Waals surface area contributed by atoms with Crippen molar-refractivity contribution in [2.45, 2.75) is 56.4 Å². The van der Waals surface area contributed by atoms with Gasteiger partial charge in [0, 0.05) is 37.3 Å². The van der Waals surface area contributed by atoms with Gasteiger partial charge in [0.05, 0.1) is 11.5 Å². The number of carbonyl (C=O) groups is 3. The third kappa shape index (κ3) is 5.67. The second-order valence-corrected chi connectivity index (χ2v) is 11.8. The Kier molecular flexibility index (Phi) is 7.80. The average molecular weight is 572 g/mol. The van der Waals surface area contributed by atoms with E-state index in [1.165, 1.54) is 24.3 Å². The lowest BCUT2D eigenvalue weighted by Crippen LogP contribution is -2.53. The summed E-state index contributed by atoms with van der Waals surface area (Å²) in [6, 6.07) is 19.2. The van der Waals surface area contributed by atoms with Crippen LogP contribution >= 0.6 is 0 Å². The number of piperidine rings is 2. The minimum atomic E-state index is -0.955. The maximum atomic E-state index is 14.1. The van der Waals surface area contributed by atoms with E-state index in [1.807, 2.05) is 18.2 Å². The Labute approximate surface area is 244 Å². The molecule has 218 valence electrons. The van der Waals surface area contributed by atoms with Crippen LogP contribution in [0.1, 0.15) is 72.5 Å². The Balaban J connectivity index is 1.20. The molecule has 0 radical (unpaired) electrons. The molecule has 1 saturated carbocycles. The van der Waals surface area contributed by atoms with Gasteiger partial charge in [0.2, 0.25) is 11.8 Å². The number of rotatable bonds is 7. The van der Waals surface area contributed by atoms with E-state index in [0.717, 1.165) is 36.9 Å². The topological polar surface area (TPSA) is 69.7 Å². The third-order valence-corrected chi connectivity index (χ3v) is 9.07. The number of nitrogens with zero attached hydrogens (tertiary/aromatic N) is 2. The zero-order valence-electron chi connectivity index (χ0n) is 23.5. The predicted octanol–water partition coefficient (Wildman–Crippen LogP) is 5.92. The molecule has 42 heavy (non-hydrogen) atoms. The number of nitrogens with one attached hydrogen (secondary N) is 1. The van der Waals surface area contributed by atoms with Gasteiger partial charge in [0.1, 0.15) is 11.6 Å². The molecule has 8 heteroatoms. The van der Waals surface area contributed by atoms with Crippen molar-refractivity contribution < 1.29 is 23.2 Å². The maximum Gasteiger partial charge on any atom is 0.253 e. The molecule has 3 aliphatic rings. The molecule has 0 unspecified atom stereocenters. The summed E-state index contributed by atoms with van der Waals surface area (Å²) >= 11 is 0. The van der Waals surface area contributed by atoms with Crippen LogP contribution in [-0.2, 0) is 15.0 Å². The lowest BCUT2D eigenvalue weighted by Gasteiger charge is -2.42. The molecule has 1 aliphatic carbocycles. The van der Waals surface area contributed by atoms with E-state index in [-0.39, 0.29) is 41.3 Å². The van der Waals surface area contributed by atoms with E-state index in [4.69, 9.17) is 0 Å². The van der Waals surface area contributed by atoms with Gasteiger partial charge in [0.25, 0.3) is 5.91 Å². The quantitative estimate of drug-likeness (QED) is 0.383. The Morgan fingerprint density at radius 2 is 1.57 bits per heavy atom. The number of anilines is 1. The third-order valence-electron chi connectivity index (χ3n) is 9.07. The molecule has 1 atom stereocenters. The summed E-state index contributed by atoms with van der Waals surface area (Å²) in [4.78, 5) is 43.4. The fourth-order valence-electron chi connectivity index (χ4n) is 6.44. The molecular formula is C34H35F2N3O3. The van der Waals surface area contributed by atoms with E-state index in [2.05, 4.69) is 5.32 Å². The largest absolute Gasteiger partial charge is 0.348 e. The van der Waals surface area contributed by atoms with Gasteiger partial charge in [-0.1, -0.05) is 24.3 Å². The normalized spacial score (nSPS) is 19.3. The van der Waals surface area contributed by atoms with Crippen molar-refractivity contribution in [2.24, 2.45) is 5.92 Å². The number of hydrogen-bond acceptors (Lipinski definition) is 3. The van der Waals surface area contributed by atoms with Crippen molar-refractivity contribution in [1.29, 1.82) is 0 Å². The number of likely N-dealkylation sites (tertiary alicyclic amines) is 1. The fourth-order valence-corrected chi connectivity index (χ4v) is 6.44. The summed E-state index contributed by atoms with van der Waals surface area (Å²) in [5.74, 6) is -0.692. The van der Waals surface area contributed by atoms with Gasteiger partial charge in [-0.05, 0) is 104 Å². The number of carbonyl (C=O) groups excluding carboxylic acids is 3. The van der Waals surface area contributed by atoms with E-state index in [0.29, 0.717) is 50.0 Å². The fraction of sp³-hybridized carbons (Fsp3) is 0.382. The van der Waals surface area contributed by atoms with Crippen molar-refractivity contribution in [3.63, 3.8) is 0 Å². The van der Waals surface area contributed by atoms with Crippen LogP contribution in [0.3, 0.4) is 0 Å². The number of benzene rings is 3. The lowest BCUT2D eigenvalue weighted by atomic mass is 9.71. The van der Waals surface area contributed by atoms with Gasteiger partial charge in [-0.3, -0.25) is 14.4 Å². The average Bonchev–Trinajstić information content (AvgIpc) is 3.86. The highest BCUT2D eigenvalue weighted by molar-refractivity contribution is 5.97. The molecule has 0 spiro atoms. The van der Waals surface area contributed by atoms with Crippen molar-refractivity contribution in [2.75, 3.05) is 24.5 Å². The first-order valence-corrected chi connectivity index (χ1v) is 14.9. The Morgan fingerprint density at radius 1 is 0.857 bits per heavy atom. The van der Waals surface area contributed by atoms with Crippen molar-refractivity contribution >= 4 is 23.4 Å². The zero-order chi connectivity index (χ0) is 29.3. The minimum Gasteiger partial charge on any atom is -0.348 e. The molecule has 6 rings (SSSR count). The molecule has 0 bridgehead atoms. The van der Waals surface area contributed by atoms with Crippen LogP contribution in [0.15, 0.2) is 72.8 Å². The van der Waals surface area contributed by atoms with Gasteiger partial charge < -0.3 is 15.1 Å². The molecule has 2 heterocycles. The smallest absolute Gasteiger partial charge is 0.253 e. The summed E-state index contributed by atoms with van der Waals surface area (Å²) in [5.41, 5.74) is 1.82. The number of halogens is 2. The first-order chi connectivity index (χ1) is 20.3. The highest BCUT2D eigenvalue weighted by atomic mass is 19.1. The Hall–Kier alpha value is -4.07. The first-order valence-electron chi connectivity index (χ1n) is 14.9. The molecule has 3 aromatic carbocycles. The van der Waals surface area contributed by atoms with Crippen LogP contribution in [-0.4, -0.2) is 42.3 Å². The molecular weight excluding hydrogens is 536 g/mol. The highest BCUT2D eigenvalue weighted by Crippen LogP contribution is 2.43. The summed E-state index contributed by atoms with van der Waals surface area (Å²) in [7, 11) is 0. The van der Waals surface area contributed by atoms with E-state index in [9.17, 15) is 23.2 Å². The lowest BCUT2D eigenvalue weighted by molar-refractivity contribution is -0.129. The molecule has 0 aromatic heterocycles. The van der Waals surface area contributed by atoms with Crippen LogP contribution in [0.4, 0.5) is 14.5 Å². The van der Waals surface area contributed by atoms with Crippen molar-refractivity contribution in [1.82, 2.24) is 10.2 Å². The monoisotopic (exact) mass is 571 g/mol. The van der Waals surface area contributed by atoms with Crippen LogP contribution in [0, 0.1) is 17.6 Å². The van der Waals surface area contributed by atoms with Gasteiger partial charge in [-0.15, -0.1) is 0 Å². The van der Waals surface area contributed by atoms with E-state index in [1.54, 1.807) is 40.1 Å². The van der Waals surface area contributed by atoms with Gasteiger partial charge in [-0.25, -0.2) is 8.78 Å². The zero-order valence-corrected chi connectivity index (χ0v) is 23.5. The molecule has 1 N–H and O–H groups in total. The Bertz CT molecular complexity index is 1460. The van der Waals surface area contributed by atoms with Crippen LogP contribution in [0.2, 0.25) is 0 Å². The second-order valence-electron chi connectivity index (χ2n) is 11.8. The number of amides is 3. The standard InChI is InChI=1S/C34H35F2N3O3/c35-27-13-11-26(12-14-27)34(33(42)37-31(23-7-8-23)25-4-3-5-28(36)22-25)17-20-38(21-18-34)32(41)24-9-15-29(16-10-24)39-19-2-1-6-30(39)40/h3-5,9-16,22-23,31H,1-2,6-8,17-21H2,(H,37,42)/t31-/m0/s1. The minimum absolute atomic E-state index is 0.105. The second kappa shape index (κ2) is 11.7. The number of hydrogen-bond donors (Lipinski definition) is 1. The van der Waals surface area contributed by atoms with E-state index < -0.39 is 5.41 Å². The van der Waals surface area contributed by atoms with Gasteiger partial charge >= 0.3 is 0 Å².